The van der Waals surface area contributed by atoms with Gasteiger partial charge in [-0.25, -0.2) is 0 Å². The molecule has 0 atom stereocenters. The molecule has 0 unspecified atom stereocenters. The van der Waals surface area contributed by atoms with Gasteiger partial charge in [0.05, 0.1) is 0 Å². The van der Waals surface area contributed by atoms with Gasteiger partial charge in [0.25, 0.3) is 0 Å². The molecule has 5 heteroatoms. The molecule has 0 saturated carbocycles. The Kier molecular flexibility index (Phi) is 7.12. The standard InChI is InChI=1S/C10H11BF3.K/c1-2-9-3-5-10(6-4-9)7-8-11(12,13)14;/h3-8H,2H2,1H3;/q-1;+1/b8-7+;. The Morgan fingerprint density at radius 3 is 2.07 bits per heavy atom. The third-order valence-corrected chi connectivity index (χ3v) is 1.89. The molecule has 1 aromatic carbocycles. The maximum absolute atomic E-state index is 11.9. The summed E-state index contributed by atoms with van der Waals surface area (Å²) in [5.74, 6) is 0.307. The van der Waals surface area contributed by atoms with Gasteiger partial charge in [-0.2, -0.15) is 0 Å². The van der Waals surface area contributed by atoms with E-state index in [0.29, 0.717) is 11.5 Å². The normalized spacial score (nSPS) is 11.5. The summed E-state index contributed by atoms with van der Waals surface area (Å²) < 4.78 is 35.6. The van der Waals surface area contributed by atoms with E-state index in [0.717, 1.165) is 18.1 Å². The van der Waals surface area contributed by atoms with Crippen molar-refractivity contribution >= 4 is 13.1 Å². The van der Waals surface area contributed by atoms with Gasteiger partial charge in [-0.15, -0.1) is 5.98 Å². The van der Waals surface area contributed by atoms with Crippen LogP contribution in [0.1, 0.15) is 18.1 Å². The summed E-state index contributed by atoms with van der Waals surface area (Å²) in [7, 11) is 0. The Hall–Kier alpha value is 0.451. The molecule has 15 heavy (non-hydrogen) atoms. The van der Waals surface area contributed by atoms with Gasteiger partial charge in [0.2, 0.25) is 0 Å². The van der Waals surface area contributed by atoms with Crippen LogP contribution in [0.15, 0.2) is 30.2 Å². The van der Waals surface area contributed by atoms with Crippen molar-refractivity contribution in [2.75, 3.05) is 0 Å². The Balaban J connectivity index is 0.00000196. The Morgan fingerprint density at radius 2 is 1.67 bits per heavy atom. The van der Waals surface area contributed by atoms with Crippen LogP contribution < -0.4 is 51.4 Å². The summed E-state index contributed by atoms with van der Waals surface area (Å²) in [5.41, 5.74) is 1.71. The van der Waals surface area contributed by atoms with Gasteiger partial charge in [0, 0.05) is 0 Å². The molecule has 0 aliphatic heterocycles. The molecular formula is C10H11BF3K. The van der Waals surface area contributed by atoms with Crippen LogP contribution in [-0.2, 0) is 6.42 Å². The molecule has 0 aliphatic rings. The predicted molar refractivity (Wildman–Crippen MR) is 53.9 cm³/mol. The van der Waals surface area contributed by atoms with E-state index in [1.165, 1.54) is 0 Å². The van der Waals surface area contributed by atoms with Crippen molar-refractivity contribution in [3.8, 4) is 0 Å². The van der Waals surface area contributed by atoms with Gasteiger partial charge in [-0.1, -0.05) is 37.3 Å². The number of halogens is 3. The number of aryl methyl sites for hydroxylation is 1. The Labute approximate surface area is 130 Å². The summed E-state index contributed by atoms with van der Waals surface area (Å²) >= 11 is 0. The predicted octanol–water partition coefficient (Wildman–Crippen LogP) is 0.653. The average molecular weight is 238 g/mol. The fourth-order valence-corrected chi connectivity index (χ4v) is 1.08. The third kappa shape index (κ3) is 6.58. The quantitative estimate of drug-likeness (QED) is 0.678. The van der Waals surface area contributed by atoms with Gasteiger partial charge in [-0.3, -0.25) is 0 Å². The van der Waals surface area contributed by atoms with E-state index in [9.17, 15) is 12.9 Å². The second-order valence-corrected chi connectivity index (χ2v) is 3.08. The largest absolute Gasteiger partial charge is 1.00 e. The minimum absolute atomic E-state index is 0. The smallest absolute Gasteiger partial charge is 0.445 e. The summed E-state index contributed by atoms with van der Waals surface area (Å²) in [4.78, 5) is 0. The minimum Gasteiger partial charge on any atom is -0.445 e. The van der Waals surface area contributed by atoms with Gasteiger partial charge < -0.3 is 12.9 Å². The number of benzene rings is 1. The minimum atomic E-state index is -4.82. The Morgan fingerprint density at radius 1 is 1.13 bits per heavy atom. The second kappa shape index (κ2) is 6.91. The third-order valence-electron chi connectivity index (χ3n) is 1.89. The zero-order valence-electron chi connectivity index (χ0n) is 8.88. The number of hydrogen-bond acceptors (Lipinski definition) is 0. The van der Waals surface area contributed by atoms with Crippen LogP contribution in [0.5, 0.6) is 0 Å². The van der Waals surface area contributed by atoms with E-state index in [-0.39, 0.29) is 51.4 Å². The van der Waals surface area contributed by atoms with Crippen molar-refractivity contribution in [2.24, 2.45) is 0 Å². The van der Waals surface area contributed by atoms with E-state index in [1.807, 2.05) is 19.1 Å². The van der Waals surface area contributed by atoms with E-state index >= 15 is 0 Å². The molecular weight excluding hydrogens is 227 g/mol. The van der Waals surface area contributed by atoms with Crippen molar-refractivity contribution in [1.29, 1.82) is 0 Å². The summed E-state index contributed by atoms with van der Waals surface area (Å²) in [6.45, 7) is -2.82. The average Bonchev–Trinajstić information content (AvgIpc) is 2.14. The topological polar surface area (TPSA) is 0 Å². The zero-order valence-corrected chi connectivity index (χ0v) is 12.0. The van der Waals surface area contributed by atoms with E-state index in [1.54, 1.807) is 12.1 Å². The second-order valence-electron chi connectivity index (χ2n) is 3.08. The molecule has 0 N–H and O–H groups in total. The molecule has 0 fully saturated rings. The van der Waals surface area contributed by atoms with Crippen LogP contribution in [0.4, 0.5) is 12.9 Å². The molecule has 0 heterocycles. The van der Waals surface area contributed by atoms with E-state index in [4.69, 9.17) is 0 Å². The van der Waals surface area contributed by atoms with Gasteiger partial charge >= 0.3 is 58.4 Å². The molecule has 76 valence electrons. The molecule has 0 nitrogen and oxygen atoms in total. The summed E-state index contributed by atoms with van der Waals surface area (Å²) in [6.07, 6.45) is 1.99. The molecule has 0 amide bonds. The fourth-order valence-electron chi connectivity index (χ4n) is 1.08. The maximum atomic E-state index is 11.9. The molecule has 0 radical (unpaired) electrons. The van der Waals surface area contributed by atoms with Crippen molar-refractivity contribution in [3.63, 3.8) is 0 Å². The molecule has 0 bridgehead atoms. The molecule has 1 rings (SSSR count). The summed E-state index contributed by atoms with van der Waals surface area (Å²) in [5, 5.41) is 0. The maximum Gasteiger partial charge on any atom is 1.00 e. The zero-order chi connectivity index (χ0) is 10.6. The molecule has 0 spiro atoms. The first-order chi connectivity index (χ1) is 6.51. The first kappa shape index (κ1) is 15.5. The van der Waals surface area contributed by atoms with Crippen LogP contribution in [0.3, 0.4) is 0 Å². The van der Waals surface area contributed by atoms with Crippen molar-refractivity contribution in [2.45, 2.75) is 13.3 Å². The molecule has 1 aromatic rings. The summed E-state index contributed by atoms with van der Waals surface area (Å²) in [6, 6.07) is 7.06. The van der Waals surface area contributed by atoms with Gasteiger partial charge in [0.15, 0.2) is 0 Å². The van der Waals surface area contributed by atoms with Crippen LogP contribution in [-0.4, -0.2) is 6.98 Å². The van der Waals surface area contributed by atoms with Crippen molar-refractivity contribution < 1.29 is 64.3 Å². The molecule has 0 saturated heterocycles. The SMILES string of the molecule is CCc1ccc(/C=C/[B-](F)(F)F)cc1.[K+]. The molecule has 0 aliphatic carbocycles. The van der Waals surface area contributed by atoms with Crippen molar-refractivity contribution in [3.05, 3.63) is 41.4 Å². The van der Waals surface area contributed by atoms with E-state index < -0.39 is 6.98 Å². The monoisotopic (exact) mass is 238 g/mol. The van der Waals surface area contributed by atoms with Crippen LogP contribution in [0.2, 0.25) is 0 Å². The van der Waals surface area contributed by atoms with Crippen LogP contribution >= 0.6 is 0 Å². The number of hydrogen-bond donors (Lipinski definition) is 0. The van der Waals surface area contributed by atoms with Crippen molar-refractivity contribution in [1.82, 2.24) is 0 Å². The fraction of sp³-hybridized carbons (Fsp3) is 0.200. The van der Waals surface area contributed by atoms with Gasteiger partial charge in [0.1, 0.15) is 0 Å². The Bertz CT molecular complexity index is 316. The first-order valence-corrected chi connectivity index (χ1v) is 4.49. The first-order valence-electron chi connectivity index (χ1n) is 4.49. The van der Waals surface area contributed by atoms with Crippen LogP contribution in [0.25, 0.3) is 6.08 Å². The van der Waals surface area contributed by atoms with Crippen LogP contribution in [0, 0.1) is 0 Å². The number of rotatable bonds is 3. The van der Waals surface area contributed by atoms with E-state index in [2.05, 4.69) is 0 Å². The molecule has 0 aromatic heterocycles. The van der Waals surface area contributed by atoms with Gasteiger partial charge in [-0.05, 0) is 17.5 Å².